The molecule has 2 fully saturated rings. The molecule has 2 amide bonds. The molecule has 1 unspecified atom stereocenters. The van der Waals surface area contributed by atoms with Gasteiger partial charge in [0.15, 0.2) is 11.1 Å². The number of ether oxygens (including phenoxy) is 1. The summed E-state index contributed by atoms with van der Waals surface area (Å²) in [6.45, 7) is 4.55. The fraction of sp³-hybridized carbons (Fsp3) is 0.533. The first kappa shape index (κ1) is 25.2. The van der Waals surface area contributed by atoms with Gasteiger partial charge in [-0.15, -0.1) is 0 Å². The number of hydrogen-bond donors (Lipinski definition) is 1. The maximum atomic E-state index is 14.6. The van der Waals surface area contributed by atoms with Gasteiger partial charge in [-0.05, 0) is 18.4 Å². The van der Waals surface area contributed by atoms with Crippen molar-refractivity contribution < 1.29 is 18.7 Å². The fourth-order valence-electron chi connectivity index (χ4n) is 6.50. The summed E-state index contributed by atoms with van der Waals surface area (Å²) in [4.78, 5) is 33.1. The van der Waals surface area contributed by atoms with E-state index < -0.39 is 5.54 Å². The molecule has 1 saturated carbocycles. The van der Waals surface area contributed by atoms with Gasteiger partial charge in [0, 0.05) is 44.4 Å². The third-order valence-electron chi connectivity index (χ3n) is 8.65. The van der Waals surface area contributed by atoms with E-state index in [1.54, 1.807) is 6.26 Å². The lowest BCUT2D eigenvalue weighted by Crippen LogP contribution is -2.65. The smallest absolute Gasteiger partial charge is 0.271 e. The van der Waals surface area contributed by atoms with Gasteiger partial charge in [0.05, 0.1) is 31.5 Å². The summed E-state index contributed by atoms with van der Waals surface area (Å²) in [7, 11) is 0. The van der Waals surface area contributed by atoms with Crippen LogP contribution in [0.3, 0.4) is 0 Å². The molecule has 1 saturated heterocycles. The Morgan fingerprint density at radius 2 is 1.71 bits per heavy atom. The Hall–Kier alpha value is -3.10. The van der Waals surface area contributed by atoms with Crippen molar-refractivity contribution in [1.29, 1.82) is 0 Å². The highest BCUT2D eigenvalue weighted by atomic mass is 16.5. The van der Waals surface area contributed by atoms with Crippen molar-refractivity contribution in [2.75, 3.05) is 39.4 Å². The Kier molecular flexibility index (Phi) is 7.26. The SMILES string of the molecule is O=C1c2cc3occc3n2CC(C(=O)NC2CCCCCCC2)(c2ccccc2)N1CCN1CCOCC1. The maximum Gasteiger partial charge on any atom is 0.271 e. The van der Waals surface area contributed by atoms with Crippen LogP contribution in [0.4, 0.5) is 0 Å². The molecular formula is C30H38N4O4. The molecule has 0 radical (unpaired) electrons. The molecule has 2 aliphatic heterocycles. The molecule has 0 bridgehead atoms. The first-order valence-corrected chi connectivity index (χ1v) is 14.2. The zero-order valence-electron chi connectivity index (χ0n) is 22.1. The summed E-state index contributed by atoms with van der Waals surface area (Å²) >= 11 is 0. The lowest BCUT2D eigenvalue weighted by Gasteiger charge is -2.47. The lowest BCUT2D eigenvalue weighted by atomic mass is 9.83. The highest BCUT2D eigenvalue weighted by molar-refractivity contribution is 6.03. The Labute approximate surface area is 223 Å². The van der Waals surface area contributed by atoms with Gasteiger partial charge in [-0.25, -0.2) is 0 Å². The van der Waals surface area contributed by atoms with Crippen molar-refractivity contribution in [2.45, 2.75) is 63.1 Å². The molecule has 1 N–H and O–H groups in total. The zero-order valence-corrected chi connectivity index (χ0v) is 22.1. The number of aromatic nitrogens is 1. The molecule has 38 heavy (non-hydrogen) atoms. The largest absolute Gasteiger partial charge is 0.463 e. The summed E-state index contributed by atoms with van der Waals surface area (Å²) in [5.41, 5.74) is 1.77. The average Bonchev–Trinajstić information content (AvgIpc) is 3.53. The molecule has 1 atom stereocenters. The summed E-state index contributed by atoms with van der Waals surface area (Å²) < 4.78 is 13.2. The molecule has 2 aromatic heterocycles. The minimum atomic E-state index is -1.16. The second-order valence-electron chi connectivity index (χ2n) is 10.9. The second kappa shape index (κ2) is 10.9. The number of furan rings is 1. The quantitative estimate of drug-likeness (QED) is 0.531. The molecule has 8 nitrogen and oxygen atoms in total. The summed E-state index contributed by atoms with van der Waals surface area (Å²) in [6.07, 6.45) is 9.57. The van der Waals surface area contributed by atoms with E-state index in [1.807, 2.05) is 51.9 Å². The van der Waals surface area contributed by atoms with Crippen LogP contribution in [0.15, 0.2) is 53.1 Å². The minimum Gasteiger partial charge on any atom is -0.463 e. The zero-order chi connectivity index (χ0) is 26.0. The van der Waals surface area contributed by atoms with E-state index >= 15 is 0 Å². The van der Waals surface area contributed by atoms with E-state index in [4.69, 9.17) is 9.15 Å². The number of fused-ring (bicyclic) bond motifs is 3. The molecule has 1 aliphatic carbocycles. The van der Waals surface area contributed by atoms with Crippen LogP contribution in [0.25, 0.3) is 11.1 Å². The Morgan fingerprint density at radius 1 is 0.974 bits per heavy atom. The van der Waals surface area contributed by atoms with E-state index in [0.29, 0.717) is 44.1 Å². The molecule has 6 rings (SSSR count). The molecule has 202 valence electrons. The van der Waals surface area contributed by atoms with Gasteiger partial charge in [0.25, 0.3) is 11.8 Å². The number of morpholine rings is 1. The van der Waals surface area contributed by atoms with Crippen LogP contribution in [0.5, 0.6) is 0 Å². The number of rotatable bonds is 6. The van der Waals surface area contributed by atoms with Gasteiger partial charge in [-0.2, -0.15) is 0 Å². The van der Waals surface area contributed by atoms with Crippen molar-refractivity contribution in [3.8, 4) is 0 Å². The van der Waals surface area contributed by atoms with Crippen LogP contribution >= 0.6 is 0 Å². The number of carbonyl (C=O) groups excluding carboxylic acids is 2. The molecule has 8 heteroatoms. The number of carbonyl (C=O) groups is 2. The lowest BCUT2D eigenvalue weighted by molar-refractivity contribution is -0.136. The monoisotopic (exact) mass is 518 g/mol. The maximum absolute atomic E-state index is 14.6. The molecule has 3 aromatic rings. The third-order valence-corrected chi connectivity index (χ3v) is 8.65. The number of amides is 2. The van der Waals surface area contributed by atoms with Crippen molar-refractivity contribution in [1.82, 2.24) is 19.7 Å². The fourth-order valence-corrected chi connectivity index (χ4v) is 6.50. The van der Waals surface area contributed by atoms with Crippen LogP contribution in [-0.2, 0) is 21.6 Å². The van der Waals surface area contributed by atoms with Crippen LogP contribution in [0, 0.1) is 0 Å². The van der Waals surface area contributed by atoms with Gasteiger partial charge in [-0.1, -0.05) is 62.4 Å². The topological polar surface area (TPSA) is 79.9 Å². The number of nitrogens with zero attached hydrogens (tertiary/aromatic N) is 3. The van der Waals surface area contributed by atoms with Crippen LogP contribution in [-0.4, -0.2) is 71.6 Å². The van der Waals surface area contributed by atoms with Gasteiger partial charge in [0.1, 0.15) is 5.69 Å². The van der Waals surface area contributed by atoms with Gasteiger partial charge in [-0.3, -0.25) is 14.5 Å². The third kappa shape index (κ3) is 4.64. The average molecular weight is 519 g/mol. The van der Waals surface area contributed by atoms with E-state index in [1.165, 1.54) is 19.3 Å². The Bertz CT molecular complexity index is 1250. The summed E-state index contributed by atoms with van der Waals surface area (Å²) in [5, 5.41) is 3.45. The van der Waals surface area contributed by atoms with E-state index in [9.17, 15) is 9.59 Å². The summed E-state index contributed by atoms with van der Waals surface area (Å²) in [6, 6.07) is 13.7. The van der Waals surface area contributed by atoms with Crippen LogP contribution < -0.4 is 5.32 Å². The molecule has 0 spiro atoms. The van der Waals surface area contributed by atoms with Crippen molar-refractivity contribution >= 4 is 22.9 Å². The van der Waals surface area contributed by atoms with Gasteiger partial charge in [0.2, 0.25) is 0 Å². The van der Waals surface area contributed by atoms with E-state index in [0.717, 1.165) is 49.9 Å². The Balaban J connectivity index is 1.42. The second-order valence-corrected chi connectivity index (χ2v) is 10.9. The molecule has 3 aliphatic rings. The van der Waals surface area contributed by atoms with Crippen molar-refractivity contribution in [3.05, 3.63) is 60.0 Å². The van der Waals surface area contributed by atoms with E-state index in [2.05, 4.69) is 10.2 Å². The molecule has 4 heterocycles. The number of benzene rings is 1. The van der Waals surface area contributed by atoms with Crippen molar-refractivity contribution in [2.24, 2.45) is 0 Å². The number of hydrogen-bond acceptors (Lipinski definition) is 5. The van der Waals surface area contributed by atoms with Gasteiger partial charge >= 0.3 is 0 Å². The van der Waals surface area contributed by atoms with E-state index in [-0.39, 0.29) is 17.9 Å². The minimum absolute atomic E-state index is 0.0828. The Morgan fingerprint density at radius 3 is 2.47 bits per heavy atom. The first-order chi connectivity index (χ1) is 18.7. The van der Waals surface area contributed by atoms with Crippen LogP contribution in [0.1, 0.15) is 61.0 Å². The first-order valence-electron chi connectivity index (χ1n) is 14.2. The van der Waals surface area contributed by atoms with Gasteiger partial charge < -0.3 is 23.9 Å². The normalized spacial score (nSPS) is 23.7. The standard InChI is InChI=1S/C30H38N4O4/c35-28-26-21-27-25(13-18-38-27)33(26)22-30(23-9-5-4-6-10-23,34(28)15-14-32-16-19-37-20-17-32)29(36)31-24-11-7-2-1-3-8-12-24/h4-6,9-10,13,18,21,24H,1-3,7-8,11-12,14-17,19-20,22H2,(H,31,36). The molecule has 1 aromatic carbocycles. The highest BCUT2D eigenvalue weighted by Crippen LogP contribution is 2.39. The summed E-state index contributed by atoms with van der Waals surface area (Å²) in [5.74, 6) is -0.215. The highest BCUT2D eigenvalue weighted by Gasteiger charge is 2.53. The number of nitrogens with one attached hydrogen (secondary N) is 1. The molecular weight excluding hydrogens is 480 g/mol. The van der Waals surface area contributed by atoms with Crippen molar-refractivity contribution in [3.63, 3.8) is 0 Å². The van der Waals surface area contributed by atoms with Crippen LogP contribution in [0.2, 0.25) is 0 Å². The predicted octanol–water partition coefficient (Wildman–Crippen LogP) is 4.15. The predicted molar refractivity (Wildman–Crippen MR) is 145 cm³/mol.